The molecular weight excluding hydrogens is 212 g/mol. The second-order valence-electron chi connectivity index (χ2n) is 3.63. The number of amides is 1. The molecule has 0 aliphatic carbocycles. The normalized spacial score (nSPS) is 21.1. The number of aromatic nitrogens is 2. The molecule has 1 fully saturated rings. The highest BCUT2D eigenvalue weighted by atomic mass is 16.5. The molecule has 1 aromatic rings. The predicted octanol–water partition coefficient (Wildman–Crippen LogP) is -1.17. The number of aliphatic hydroxyl groups is 1. The zero-order chi connectivity index (χ0) is 11.5. The van der Waals surface area contributed by atoms with Crippen molar-refractivity contribution in [1.29, 1.82) is 0 Å². The lowest BCUT2D eigenvalue weighted by molar-refractivity contribution is -0.0448. The lowest BCUT2D eigenvalue weighted by Gasteiger charge is -2.31. The molecule has 1 amide bonds. The fourth-order valence-electron chi connectivity index (χ4n) is 1.64. The van der Waals surface area contributed by atoms with E-state index in [1.165, 1.54) is 6.20 Å². The van der Waals surface area contributed by atoms with E-state index in [0.29, 0.717) is 31.1 Å². The highest BCUT2D eigenvalue weighted by molar-refractivity contribution is 5.97. The van der Waals surface area contributed by atoms with Crippen LogP contribution in [0.3, 0.4) is 0 Å². The van der Waals surface area contributed by atoms with Gasteiger partial charge in [0.15, 0.2) is 0 Å². The third kappa shape index (κ3) is 2.00. The molecule has 1 saturated heterocycles. The molecule has 0 bridgehead atoms. The van der Waals surface area contributed by atoms with Crippen molar-refractivity contribution >= 4 is 11.6 Å². The number of nitrogens with zero attached hydrogens (tertiary/aromatic N) is 2. The summed E-state index contributed by atoms with van der Waals surface area (Å²) in [5.41, 5.74) is 6.21. The van der Waals surface area contributed by atoms with Gasteiger partial charge in [-0.2, -0.15) is 5.10 Å². The summed E-state index contributed by atoms with van der Waals surface area (Å²) >= 11 is 0. The van der Waals surface area contributed by atoms with Crippen molar-refractivity contribution in [2.24, 2.45) is 0 Å². The number of rotatable bonds is 2. The quantitative estimate of drug-likeness (QED) is 0.589. The van der Waals surface area contributed by atoms with E-state index in [-0.39, 0.29) is 18.6 Å². The summed E-state index contributed by atoms with van der Waals surface area (Å²) in [6.07, 6.45) is 1.08. The first-order valence-electron chi connectivity index (χ1n) is 5.03. The monoisotopic (exact) mass is 226 g/mol. The molecule has 0 saturated carbocycles. The predicted molar refractivity (Wildman–Crippen MR) is 55.7 cm³/mol. The van der Waals surface area contributed by atoms with Crippen LogP contribution < -0.4 is 5.73 Å². The molecule has 0 aromatic carbocycles. The molecule has 7 heteroatoms. The van der Waals surface area contributed by atoms with Gasteiger partial charge in [-0.15, -0.1) is 0 Å². The maximum atomic E-state index is 12.0. The fourth-order valence-corrected chi connectivity index (χ4v) is 1.64. The molecule has 2 heterocycles. The molecule has 4 N–H and O–H groups in total. The van der Waals surface area contributed by atoms with Gasteiger partial charge in [-0.1, -0.05) is 0 Å². The van der Waals surface area contributed by atoms with Gasteiger partial charge in [0.25, 0.3) is 5.91 Å². The molecule has 7 nitrogen and oxygen atoms in total. The first kappa shape index (κ1) is 10.9. The van der Waals surface area contributed by atoms with Gasteiger partial charge in [0.2, 0.25) is 0 Å². The van der Waals surface area contributed by atoms with Crippen molar-refractivity contribution in [3.8, 4) is 0 Å². The van der Waals surface area contributed by atoms with Crippen LogP contribution in [0.2, 0.25) is 0 Å². The number of hydrogen-bond donors (Lipinski definition) is 3. The second kappa shape index (κ2) is 4.50. The minimum Gasteiger partial charge on any atom is -0.396 e. The maximum absolute atomic E-state index is 12.0. The lowest BCUT2D eigenvalue weighted by Crippen LogP contribution is -2.47. The Labute approximate surface area is 92.2 Å². The summed E-state index contributed by atoms with van der Waals surface area (Å²) in [6, 6.07) is 0. The van der Waals surface area contributed by atoms with Crippen molar-refractivity contribution < 1.29 is 14.6 Å². The van der Waals surface area contributed by atoms with Crippen molar-refractivity contribution in [3.63, 3.8) is 0 Å². The minimum absolute atomic E-state index is 0.0950. The minimum atomic E-state index is -0.318. The highest BCUT2D eigenvalue weighted by Gasteiger charge is 2.26. The van der Waals surface area contributed by atoms with Crippen LogP contribution in [0, 0.1) is 0 Å². The van der Waals surface area contributed by atoms with E-state index in [1.807, 2.05) is 0 Å². The summed E-state index contributed by atoms with van der Waals surface area (Å²) < 4.78 is 5.25. The van der Waals surface area contributed by atoms with Gasteiger partial charge < -0.3 is 20.5 Å². The topological polar surface area (TPSA) is 104 Å². The van der Waals surface area contributed by atoms with E-state index in [0.717, 1.165) is 0 Å². The summed E-state index contributed by atoms with van der Waals surface area (Å²) in [5, 5.41) is 15.2. The summed E-state index contributed by atoms with van der Waals surface area (Å²) in [4.78, 5) is 13.6. The molecular formula is C9H14N4O3. The Balaban J connectivity index is 2.07. The van der Waals surface area contributed by atoms with E-state index in [4.69, 9.17) is 15.6 Å². The van der Waals surface area contributed by atoms with E-state index in [2.05, 4.69) is 10.2 Å². The number of ether oxygens (including phenoxy) is 1. The average molecular weight is 226 g/mol. The number of nitrogens with two attached hydrogens (primary N) is 1. The number of aromatic amines is 1. The van der Waals surface area contributed by atoms with Gasteiger partial charge in [-0.3, -0.25) is 9.89 Å². The number of carbonyl (C=O) groups is 1. The zero-order valence-corrected chi connectivity index (χ0v) is 8.72. The largest absolute Gasteiger partial charge is 0.396 e. The van der Waals surface area contributed by atoms with Crippen molar-refractivity contribution in [2.45, 2.75) is 6.10 Å². The van der Waals surface area contributed by atoms with Crippen LogP contribution in [0.25, 0.3) is 0 Å². The highest BCUT2D eigenvalue weighted by Crippen LogP contribution is 2.13. The number of morpholine rings is 1. The SMILES string of the molecule is Nc1cn[nH]c1C(=O)N1CCOC(CO)C1. The van der Waals surface area contributed by atoms with Gasteiger partial charge in [0.1, 0.15) is 5.69 Å². The van der Waals surface area contributed by atoms with Gasteiger partial charge in [0.05, 0.1) is 31.2 Å². The third-order valence-corrected chi connectivity index (χ3v) is 2.51. The Morgan fingerprint density at radius 2 is 2.62 bits per heavy atom. The third-order valence-electron chi connectivity index (χ3n) is 2.51. The van der Waals surface area contributed by atoms with Gasteiger partial charge in [-0.25, -0.2) is 0 Å². The summed E-state index contributed by atoms with van der Waals surface area (Å²) in [6.45, 7) is 1.19. The number of hydrogen-bond acceptors (Lipinski definition) is 5. The number of nitrogens with one attached hydrogen (secondary N) is 1. The Bertz CT molecular complexity index is 379. The molecule has 1 aliphatic heterocycles. The van der Waals surface area contributed by atoms with E-state index in [1.54, 1.807) is 4.90 Å². The van der Waals surface area contributed by atoms with Crippen LogP contribution in [0.15, 0.2) is 6.20 Å². The molecule has 88 valence electrons. The Morgan fingerprint density at radius 1 is 1.81 bits per heavy atom. The molecule has 1 aliphatic rings. The number of anilines is 1. The van der Waals surface area contributed by atoms with Crippen molar-refractivity contribution in [1.82, 2.24) is 15.1 Å². The second-order valence-corrected chi connectivity index (χ2v) is 3.63. The first-order chi connectivity index (χ1) is 7.72. The van der Waals surface area contributed by atoms with Crippen LogP contribution in [0.4, 0.5) is 5.69 Å². The van der Waals surface area contributed by atoms with Crippen LogP contribution in [-0.2, 0) is 4.74 Å². The number of carbonyl (C=O) groups excluding carboxylic acids is 1. The number of H-pyrrole nitrogens is 1. The first-order valence-corrected chi connectivity index (χ1v) is 5.03. The van der Waals surface area contributed by atoms with Gasteiger partial charge >= 0.3 is 0 Å². The van der Waals surface area contributed by atoms with Gasteiger partial charge in [0, 0.05) is 13.1 Å². The fraction of sp³-hybridized carbons (Fsp3) is 0.556. The van der Waals surface area contributed by atoms with Crippen molar-refractivity contribution in [3.05, 3.63) is 11.9 Å². The average Bonchev–Trinajstić information content (AvgIpc) is 2.74. The molecule has 1 unspecified atom stereocenters. The van der Waals surface area contributed by atoms with Crippen LogP contribution >= 0.6 is 0 Å². The Morgan fingerprint density at radius 3 is 3.25 bits per heavy atom. The smallest absolute Gasteiger partial charge is 0.274 e. The van der Waals surface area contributed by atoms with Crippen molar-refractivity contribution in [2.75, 3.05) is 32.0 Å². The zero-order valence-electron chi connectivity index (χ0n) is 8.72. The molecule has 0 spiro atoms. The number of nitrogen functional groups attached to an aromatic ring is 1. The van der Waals surface area contributed by atoms with E-state index in [9.17, 15) is 4.79 Å². The van der Waals surface area contributed by atoms with Crippen LogP contribution in [-0.4, -0.2) is 58.5 Å². The summed E-state index contributed by atoms with van der Waals surface area (Å²) in [5.74, 6) is -0.211. The van der Waals surface area contributed by atoms with E-state index >= 15 is 0 Å². The lowest BCUT2D eigenvalue weighted by atomic mass is 10.2. The molecule has 16 heavy (non-hydrogen) atoms. The maximum Gasteiger partial charge on any atom is 0.274 e. The number of aliphatic hydroxyl groups excluding tert-OH is 1. The Hall–Kier alpha value is -1.60. The molecule has 1 atom stereocenters. The van der Waals surface area contributed by atoms with Crippen LogP contribution in [0.5, 0.6) is 0 Å². The standard InChI is InChI=1S/C9H14N4O3/c10-7-3-11-12-8(7)9(15)13-1-2-16-6(4-13)5-14/h3,6,14H,1-2,4-5,10H2,(H,11,12). The molecule has 2 rings (SSSR count). The summed E-state index contributed by atoms with van der Waals surface area (Å²) in [7, 11) is 0. The van der Waals surface area contributed by atoms with E-state index < -0.39 is 0 Å². The van der Waals surface area contributed by atoms with Gasteiger partial charge in [-0.05, 0) is 0 Å². The Kier molecular flexibility index (Phi) is 3.07. The molecule has 1 aromatic heterocycles. The molecule has 0 radical (unpaired) electrons. The van der Waals surface area contributed by atoms with Crippen LogP contribution in [0.1, 0.15) is 10.5 Å².